The summed E-state index contributed by atoms with van der Waals surface area (Å²) in [6, 6.07) is 46.6. The van der Waals surface area contributed by atoms with E-state index in [0.717, 1.165) is 48.7 Å². The summed E-state index contributed by atoms with van der Waals surface area (Å²) < 4.78 is 4.71. The van der Waals surface area contributed by atoms with Crippen LogP contribution in [0.5, 0.6) is 0 Å². The maximum Gasteiger partial charge on any atom is 0.100 e. The molecule has 0 unspecified atom stereocenters. The van der Waals surface area contributed by atoms with E-state index in [1.807, 2.05) is 36.4 Å². The van der Waals surface area contributed by atoms with Crippen LogP contribution >= 0.6 is 22.7 Å². The first-order chi connectivity index (χ1) is 20.8. The molecule has 0 bridgehead atoms. The number of nitriles is 2. The summed E-state index contributed by atoms with van der Waals surface area (Å²) in [5, 5.41) is 26.2. The fourth-order valence-corrected chi connectivity index (χ4v) is 8.49. The van der Waals surface area contributed by atoms with Gasteiger partial charge in [0.05, 0.1) is 11.1 Å². The molecule has 8 rings (SSSR count). The van der Waals surface area contributed by atoms with Gasteiger partial charge in [0.15, 0.2) is 0 Å². The summed E-state index contributed by atoms with van der Waals surface area (Å²) in [4.78, 5) is 0. The van der Waals surface area contributed by atoms with E-state index in [0.29, 0.717) is 16.7 Å². The minimum Gasteiger partial charge on any atom is -0.192 e. The molecule has 0 fully saturated rings. The summed E-state index contributed by atoms with van der Waals surface area (Å²) in [6.45, 7) is 0. The van der Waals surface area contributed by atoms with Gasteiger partial charge in [0.25, 0.3) is 0 Å². The number of thiophene rings is 2. The molecule has 0 N–H and O–H groups in total. The Kier molecular flexibility index (Phi) is 5.66. The highest BCUT2D eigenvalue weighted by atomic mass is 32.1. The predicted molar refractivity (Wildman–Crippen MR) is 178 cm³/mol. The second-order valence-electron chi connectivity index (χ2n) is 10.2. The molecule has 4 heteroatoms. The van der Waals surface area contributed by atoms with Gasteiger partial charge in [-0.3, -0.25) is 0 Å². The number of nitrogens with zero attached hydrogens (tertiary/aromatic N) is 2. The van der Waals surface area contributed by atoms with E-state index in [1.165, 1.54) is 19.5 Å². The van der Waals surface area contributed by atoms with Crippen LogP contribution in [0.25, 0.3) is 73.7 Å². The van der Waals surface area contributed by atoms with E-state index < -0.39 is 0 Å². The minimum atomic E-state index is 0.520. The molecular weight excluding hydrogens is 549 g/mol. The van der Waals surface area contributed by atoms with E-state index >= 15 is 0 Å². The molecule has 0 saturated carbocycles. The second kappa shape index (κ2) is 9.68. The van der Waals surface area contributed by atoms with E-state index in [2.05, 4.69) is 97.1 Å². The highest BCUT2D eigenvalue weighted by Gasteiger charge is 2.25. The number of hydrogen-bond donors (Lipinski definition) is 0. The lowest BCUT2D eigenvalue weighted by atomic mass is 9.82. The number of fused-ring (bicyclic) bond motifs is 6. The van der Waals surface area contributed by atoms with Gasteiger partial charge in [0, 0.05) is 57.0 Å². The van der Waals surface area contributed by atoms with Crippen LogP contribution in [0.1, 0.15) is 11.1 Å². The molecule has 0 radical (unpaired) electrons. The summed E-state index contributed by atoms with van der Waals surface area (Å²) in [5.41, 5.74) is 6.29. The maximum absolute atomic E-state index is 10.9. The van der Waals surface area contributed by atoms with Gasteiger partial charge in [-0.25, -0.2) is 0 Å². The normalized spacial score (nSPS) is 11.3. The standard InChI is InChI=1S/C38H20N2S2/c39-21-30-28(23-10-2-1-3-11-23)20-29(24-14-8-18-34-37(24)25-12-4-6-16-32(25)41-34)31(22-40)36(30)27-15-9-19-35-38(27)26-13-5-7-17-33(26)42-35/h1-20H. The molecule has 0 aliphatic carbocycles. The van der Waals surface area contributed by atoms with Crippen molar-refractivity contribution in [2.24, 2.45) is 0 Å². The topological polar surface area (TPSA) is 47.6 Å². The van der Waals surface area contributed by atoms with Crippen LogP contribution in [0, 0.1) is 22.7 Å². The largest absolute Gasteiger partial charge is 0.192 e. The van der Waals surface area contributed by atoms with Crippen molar-refractivity contribution in [3.05, 3.63) is 132 Å². The molecule has 8 aromatic rings. The summed E-state index contributed by atoms with van der Waals surface area (Å²) in [7, 11) is 0. The third kappa shape index (κ3) is 3.60. The van der Waals surface area contributed by atoms with Gasteiger partial charge in [0.1, 0.15) is 12.1 Å². The van der Waals surface area contributed by atoms with Gasteiger partial charge in [-0.15, -0.1) is 22.7 Å². The Morgan fingerprint density at radius 2 is 0.929 bits per heavy atom. The van der Waals surface area contributed by atoms with Gasteiger partial charge in [0.2, 0.25) is 0 Å². The first-order valence-electron chi connectivity index (χ1n) is 13.6. The smallest absolute Gasteiger partial charge is 0.100 e. The molecule has 0 aliphatic heterocycles. The van der Waals surface area contributed by atoms with Crippen molar-refractivity contribution in [3.63, 3.8) is 0 Å². The molecule has 0 spiro atoms. The predicted octanol–water partition coefficient (Wildman–Crippen LogP) is 11.2. The Hall–Kier alpha value is -5.26. The Bertz CT molecular complexity index is 2430. The molecule has 0 amide bonds. The van der Waals surface area contributed by atoms with Crippen LogP contribution in [0.2, 0.25) is 0 Å². The lowest BCUT2D eigenvalue weighted by molar-refractivity contribution is 1.44. The zero-order valence-corrected chi connectivity index (χ0v) is 23.9. The van der Waals surface area contributed by atoms with Crippen molar-refractivity contribution >= 4 is 63.0 Å². The Balaban J connectivity index is 1.58. The quantitative estimate of drug-likeness (QED) is 0.213. The summed E-state index contributed by atoms with van der Waals surface area (Å²) >= 11 is 3.50. The molecule has 6 aromatic carbocycles. The monoisotopic (exact) mass is 568 g/mol. The van der Waals surface area contributed by atoms with Crippen LogP contribution < -0.4 is 0 Å². The van der Waals surface area contributed by atoms with Crippen LogP contribution in [0.4, 0.5) is 0 Å². The lowest BCUT2D eigenvalue weighted by Crippen LogP contribution is -1.99. The van der Waals surface area contributed by atoms with Gasteiger partial charge in [-0.05, 0) is 47.0 Å². The average Bonchev–Trinajstić information content (AvgIpc) is 3.62. The van der Waals surface area contributed by atoms with Crippen molar-refractivity contribution in [2.45, 2.75) is 0 Å². The minimum absolute atomic E-state index is 0.520. The van der Waals surface area contributed by atoms with Crippen LogP contribution in [0.15, 0.2) is 121 Å². The fourth-order valence-electron chi connectivity index (χ4n) is 6.22. The number of benzene rings is 6. The van der Waals surface area contributed by atoms with Crippen molar-refractivity contribution in [1.29, 1.82) is 10.5 Å². The van der Waals surface area contributed by atoms with Crippen molar-refractivity contribution in [3.8, 4) is 45.5 Å². The van der Waals surface area contributed by atoms with Gasteiger partial charge in [-0.1, -0.05) is 91.0 Å². The van der Waals surface area contributed by atoms with Crippen molar-refractivity contribution in [2.75, 3.05) is 0 Å². The van der Waals surface area contributed by atoms with Gasteiger partial charge >= 0.3 is 0 Å². The van der Waals surface area contributed by atoms with Crippen molar-refractivity contribution < 1.29 is 0 Å². The highest BCUT2D eigenvalue weighted by molar-refractivity contribution is 7.26. The second-order valence-corrected chi connectivity index (χ2v) is 12.4. The Morgan fingerprint density at radius 1 is 0.429 bits per heavy atom. The third-order valence-corrected chi connectivity index (χ3v) is 10.3. The fraction of sp³-hybridized carbons (Fsp3) is 0. The molecule has 2 nitrogen and oxygen atoms in total. The Labute approximate surface area is 250 Å². The molecule has 194 valence electrons. The lowest BCUT2D eigenvalue weighted by Gasteiger charge is -2.18. The first-order valence-corrected chi connectivity index (χ1v) is 15.3. The van der Waals surface area contributed by atoms with Crippen LogP contribution in [0.3, 0.4) is 0 Å². The zero-order valence-electron chi connectivity index (χ0n) is 22.3. The van der Waals surface area contributed by atoms with E-state index in [4.69, 9.17) is 0 Å². The van der Waals surface area contributed by atoms with Gasteiger partial charge in [-0.2, -0.15) is 10.5 Å². The SMILES string of the molecule is N#Cc1c(-c2ccccc2)cc(-c2cccc3sc4ccccc4c23)c(C#N)c1-c1cccc2sc3ccccc3c12. The van der Waals surface area contributed by atoms with Crippen LogP contribution in [-0.4, -0.2) is 0 Å². The molecule has 2 heterocycles. The van der Waals surface area contributed by atoms with Gasteiger partial charge < -0.3 is 0 Å². The summed E-state index contributed by atoms with van der Waals surface area (Å²) in [5.74, 6) is 0. The van der Waals surface area contributed by atoms with E-state index in [-0.39, 0.29) is 0 Å². The van der Waals surface area contributed by atoms with Crippen molar-refractivity contribution in [1.82, 2.24) is 0 Å². The third-order valence-electron chi connectivity index (χ3n) is 8.00. The molecule has 0 aliphatic rings. The van der Waals surface area contributed by atoms with Crippen LogP contribution in [-0.2, 0) is 0 Å². The van der Waals surface area contributed by atoms with E-state index in [9.17, 15) is 10.5 Å². The molecular formula is C38H20N2S2. The Morgan fingerprint density at radius 3 is 1.55 bits per heavy atom. The zero-order chi connectivity index (χ0) is 28.2. The molecule has 0 atom stereocenters. The molecule has 42 heavy (non-hydrogen) atoms. The maximum atomic E-state index is 10.9. The average molecular weight is 569 g/mol. The van der Waals surface area contributed by atoms with E-state index in [1.54, 1.807) is 22.7 Å². The highest BCUT2D eigenvalue weighted by Crippen LogP contribution is 2.48. The first kappa shape index (κ1) is 24.5. The number of hydrogen-bond acceptors (Lipinski definition) is 4. The summed E-state index contributed by atoms with van der Waals surface area (Å²) in [6.07, 6.45) is 0. The molecule has 0 saturated heterocycles. The molecule has 2 aromatic heterocycles. The number of rotatable bonds is 3.